The number of hydrogen-bond donors (Lipinski definition) is 1. The van der Waals surface area contributed by atoms with E-state index in [0.29, 0.717) is 24.3 Å². The molecule has 1 amide bonds. The Balaban J connectivity index is 1.40. The number of carbonyl (C=O) groups excluding carboxylic acids is 2. The van der Waals surface area contributed by atoms with Crippen LogP contribution in [-0.4, -0.2) is 63.8 Å². The molecule has 1 aromatic rings. The maximum atomic E-state index is 12.0. The lowest BCUT2D eigenvalue weighted by Crippen LogP contribution is -2.38. The number of esters is 1. The van der Waals surface area contributed by atoms with Crippen LogP contribution < -0.4 is 10.1 Å². The summed E-state index contributed by atoms with van der Waals surface area (Å²) in [4.78, 5) is 23.8. The second-order valence-electron chi connectivity index (χ2n) is 6.71. The zero-order chi connectivity index (χ0) is 19.3. The van der Waals surface area contributed by atoms with Crippen LogP contribution in [0.1, 0.15) is 29.6 Å². The van der Waals surface area contributed by atoms with Crippen LogP contribution in [-0.2, 0) is 24.1 Å². The molecule has 0 aromatic heterocycles. The van der Waals surface area contributed by atoms with Gasteiger partial charge in [-0.05, 0) is 43.5 Å². The summed E-state index contributed by atoms with van der Waals surface area (Å²) in [5, 5.41) is 2.57. The van der Waals surface area contributed by atoms with E-state index in [0.717, 1.165) is 19.4 Å². The Morgan fingerprint density at radius 3 is 2.59 bits per heavy atom. The summed E-state index contributed by atoms with van der Waals surface area (Å²) in [7, 11) is -3.07. The fourth-order valence-electron chi connectivity index (χ4n) is 3.04. The Labute approximate surface area is 158 Å². The van der Waals surface area contributed by atoms with E-state index in [-0.39, 0.29) is 17.6 Å². The van der Waals surface area contributed by atoms with Crippen LogP contribution in [0.5, 0.6) is 5.75 Å². The van der Waals surface area contributed by atoms with Crippen LogP contribution in [0, 0.1) is 0 Å². The number of nitrogens with one attached hydrogen (secondary N) is 1. The highest BCUT2D eigenvalue weighted by atomic mass is 32.2. The molecule has 1 aromatic carbocycles. The highest BCUT2D eigenvalue weighted by Gasteiger charge is 2.29. The van der Waals surface area contributed by atoms with Gasteiger partial charge in [0.2, 0.25) is 0 Å². The van der Waals surface area contributed by atoms with E-state index in [1.807, 2.05) is 0 Å². The normalized spacial score (nSPS) is 23.7. The van der Waals surface area contributed by atoms with Gasteiger partial charge < -0.3 is 19.5 Å². The second kappa shape index (κ2) is 8.71. The van der Waals surface area contributed by atoms with Gasteiger partial charge in [0.1, 0.15) is 12.4 Å². The van der Waals surface area contributed by atoms with Crippen molar-refractivity contribution in [1.82, 2.24) is 5.32 Å². The summed E-state index contributed by atoms with van der Waals surface area (Å²) in [6, 6.07) is 6.04. The quantitative estimate of drug-likeness (QED) is 0.675. The third-order valence-corrected chi connectivity index (χ3v) is 6.25. The van der Waals surface area contributed by atoms with Crippen molar-refractivity contribution in [2.45, 2.75) is 31.4 Å². The Morgan fingerprint density at radius 2 is 1.96 bits per heavy atom. The van der Waals surface area contributed by atoms with E-state index in [9.17, 15) is 18.0 Å². The Kier molecular flexibility index (Phi) is 6.33. The molecule has 2 atom stereocenters. The topological polar surface area (TPSA) is 108 Å². The van der Waals surface area contributed by atoms with E-state index in [2.05, 4.69) is 5.32 Å². The van der Waals surface area contributed by atoms with E-state index in [1.165, 1.54) is 0 Å². The van der Waals surface area contributed by atoms with Crippen molar-refractivity contribution in [3.05, 3.63) is 29.8 Å². The first kappa shape index (κ1) is 19.6. The average Bonchev–Trinajstić information content (AvgIpc) is 3.27. The van der Waals surface area contributed by atoms with Crippen LogP contribution in [0.4, 0.5) is 0 Å². The van der Waals surface area contributed by atoms with Gasteiger partial charge in [-0.25, -0.2) is 13.2 Å². The molecule has 2 aliphatic rings. The van der Waals surface area contributed by atoms with E-state index in [1.54, 1.807) is 24.3 Å². The summed E-state index contributed by atoms with van der Waals surface area (Å²) in [5.74, 6) is -0.516. The Hall–Kier alpha value is -2.13. The molecular formula is C18H23NO7S. The van der Waals surface area contributed by atoms with Gasteiger partial charge in [0, 0.05) is 12.6 Å². The van der Waals surface area contributed by atoms with Gasteiger partial charge in [0.05, 0.1) is 23.2 Å². The molecular weight excluding hydrogens is 374 g/mol. The number of rotatable bonds is 7. The molecule has 2 heterocycles. The Morgan fingerprint density at radius 1 is 1.19 bits per heavy atom. The highest BCUT2D eigenvalue weighted by Crippen LogP contribution is 2.17. The van der Waals surface area contributed by atoms with Gasteiger partial charge >= 0.3 is 5.97 Å². The van der Waals surface area contributed by atoms with Gasteiger partial charge in [-0.3, -0.25) is 4.79 Å². The molecule has 0 spiro atoms. The zero-order valence-corrected chi connectivity index (χ0v) is 15.7. The summed E-state index contributed by atoms with van der Waals surface area (Å²) in [6.07, 6.45) is 2.53. The summed E-state index contributed by atoms with van der Waals surface area (Å²) >= 11 is 0. The maximum Gasteiger partial charge on any atom is 0.338 e. The van der Waals surface area contributed by atoms with Crippen LogP contribution in [0.2, 0.25) is 0 Å². The molecule has 2 saturated heterocycles. The molecule has 2 fully saturated rings. The first-order chi connectivity index (χ1) is 12.9. The molecule has 9 heteroatoms. The largest absolute Gasteiger partial charge is 0.491 e. The van der Waals surface area contributed by atoms with Crippen molar-refractivity contribution in [3.63, 3.8) is 0 Å². The van der Waals surface area contributed by atoms with Crippen LogP contribution in [0.25, 0.3) is 0 Å². The lowest BCUT2D eigenvalue weighted by molar-refractivity contribution is -0.124. The smallest absolute Gasteiger partial charge is 0.338 e. The molecule has 0 unspecified atom stereocenters. The molecule has 1 N–H and O–H groups in total. The molecule has 0 radical (unpaired) electrons. The minimum atomic E-state index is -3.07. The number of benzene rings is 1. The van der Waals surface area contributed by atoms with Gasteiger partial charge in [-0.2, -0.15) is 0 Å². The third kappa shape index (κ3) is 5.93. The van der Waals surface area contributed by atoms with Crippen molar-refractivity contribution in [3.8, 4) is 5.75 Å². The highest BCUT2D eigenvalue weighted by molar-refractivity contribution is 7.91. The summed E-state index contributed by atoms with van der Waals surface area (Å²) < 4.78 is 38.8. The molecule has 3 rings (SSSR count). The Bertz CT molecular complexity index is 769. The molecule has 8 nitrogen and oxygen atoms in total. The van der Waals surface area contributed by atoms with Crippen LogP contribution in [0.3, 0.4) is 0 Å². The SMILES string of the molecule is O=C(COC(=O)c1ccc(OC[C@@H]2CCCO2)cc1)N[C@@H]1CCS(=O)(=O)C1. The van der Waals surface area contributed by atoms with Gasteiger partial charge in [0.15, 0.2) is 16.4 Å². The minimum Gasteiger partial charge on any atom is -0.491 e. The van der Waals surface area contributed by atoms with E-state index >= 15 is 0 Å². The number of ether oxygens (including phenoxy) is 3. The summed E-state index contributed by atoms with van der Waals surface area (Å²) in [6.45, 7) is 0.788. The number of sulfone groups is 1. The number of hydrogen-bond acceptors (Lipinski definition) is 7. The standard InChI is InChI=1S/C18H23NO7S/c20-17(19-14-7-9-27(22,23)12-14)11-26-18(21)13-3-5-15(6-4-13)25-10-16-2-1-8-24-16/h3-6,14,16H,1-2,7-12H2,(H,19,20)/t14-,16+/m1/s1. The van der Waals surface area contributed by atoms with Crippen molar-refractivity contribution < 1.29 is 32.2 Å². The molecule has 27 heavy (non-hydrogen) atoms. The fraction of sp³-hybridized carbons (Fsp3) is 0.556. The lowest BCUT2D eigenvalue weighted by atomic mass is 10.2. The molecule has 148 valence electrons. The molecule has 2 aliphatic heterocycles. The zero-order valence-electron chi connectivity index (χ0n) is 14.9. The number of amides is 1. The van der Waals surface area contributed by atoms with Crippen molar-refractivity contribution in [1.29, 1.82) is 0 Å². The van der Waals surface area contributed by atoms with E-state index in [4.69, 9.17) is 14.2 Å². The van der Waals surface area contributed by atoms with Crippen LogP contribution >= 0.6 is 0 Å². The lowest BCUT2D eigenvalue weighted by Gasteiger charge is -2.12. The monoisotopic (exact) mass is 397 g/mol. The molecule has 0 saturated carbocycles. The second-order valence-corrected chi connectivity index (χ2v) is 8.94. The average molecular weight is 397 g/mol. The van der Waals surface area contributed by atoms with E-state index < -0.39 is 34.4 Å². The fourth-order valence-corrected chi connectivity index (χ4v) is 4.72. The maximum absolute atomic E-state index is 12.0. The van der Waals surface area contributed by atoms with Crippen molar-refractivity contribution in [2.75, 3.05) is 31.3 Å². The van der Waals surface area contributed by atoms with Crippen molar-refractivity contribution in [2.24, 2.45) is 0 Å². The van der Waals surface area contributed by atoms with Crippen LogP contribution in [0.15, 0.2) is 24.3 Å². The van der Waals surface area contributed by atoms with Gasteiger partial charge in [0.25, 0.3) is 5.91 Å². The van der Waals surface area contributed by atoms with Crippen molar-refractivity contribution >= 4 is 21.7 Å². The predicted molar refractivity (Wildman–Crippen MR) is 96.4 cm³/mol. The first-order valence-corrected chi connectivity index (χ1v) is 10.7. The van der Waals surface area contributed by atoms with Gasteiger partial charge in [-0.15, -0.1) is 0 Å². The predicted octanol–water partition coefficient (Wildman–Crippen LogP) is 0.705. The molecule has 0 aliphatic carbocycles. The van der Waals surface area contributed by atoms with Gasteiger partial charge in [-0.1, -0.05) is 0 Å². The molecule has 0 bridgehead atoms. The minimum absolute atomic E-state index is 0.0685. The number of carbonyl (C=O) groups is 2. The first-order valence-electron chi connectivity index (χ1n) is 8.93. The summed E-state index contributed by atoms with van der Waals surface area (Å²) in [5.41, 5.74) is 0.302. The third-order valence-electron chi connectivity index (χ3n) is 4.48.